The molecule has 1 aliphatic rings. The molecule has 0 unspecified atom stereocenters. The van der Waals surface area contributed by atoms with E-state index < -0.39 is 0 Å². The first-order chi connectivity index (χ1) is 9.34. The van der Waals surface area contributed by atoms with E-state index in [1.807, 2.05) is 42.5 Å². The highest BCUT2D eigenvalue weighted by molar-refractivity contribution is 7.99. The first kappa shape index (κ1) is 12.2. The van der Waals surface area contributed by atoms with Gasteiger partial charge in [0.1, 0.15) is 11.1 Å². The SMILES string of the molecule is O=C(Nc1ccccc1)N1CCS[C@H]1c1ccco1. The lowest BCUT2D eigenvalue weighted by molar-refractivity contribution is 0.210. The largest absolute Gasteiger partial charge is 0.466 e. The molecule has 19 heavy (non-hydrogen) atoms. The summed E-state index contributed by atoms with van der Waals surface area (Å²) in [4.78, 5) is 14.1. The predicted octanol–water partition coefficient (Wildman–Crippen LogP) is 3.56. The molecular weight excluding hydrogens is 260 g/mol. The molecule has 1 fully saturated rings. The lowest BCUT2D eigenvalue weighted by Gasteiger charge is -2.22. The molecule has 0 radical (unpaired) electrons. The number of anilines is 1. The van der Waals surface area contributed by atoms with Crippen LogP contribution in [0.2, 0.25) is 0 Å². The van der Waals surface area contributed by atoms with Crippen LogP contribution in [-0.4, -0.2) is 23.2 Å². The van der Waals surface area contributed by atoms with Crippen LogP contribution >= 0.6 is 11.8 Å². The van der Waals surface area contributed by atoms with Crippen molar-refractivity contribution in [3.63, 3.8) is 0 Å². The second-order valence-corrected chi connectivity index (χ2v) is 5.42. The number of para-hydroxylation sites is 1. The van der Waals surface area contributed by atoms with E-state index in [1.165, 1.54) is 0 Å². The number of rotatable bonds is 2. The quantitative estimate of drug-likeness (QED) is 0.910. The van der Waals surface area contributed by atoms with Crippen molar-refractivity contribution in [2.45, 2.75) is 5.37 Å². The summed E-state index contributed by atoms with van der Waals surface area (Å²) in [7, 11) is 0. The molecule has 4 nitrogen and oxygen atoms in total. The molecule has 0 aliphatic carbocycles. The van der Waals surface area contributed by atoms with Crippen molar-refractivity contribution < 1.29 is 9.21 Å². The van der Waals surface area contributed by atoms with E-state index >= 15 is 0 Å². The van der Waals surface area contributed by atoms with Gasteiger partial charge < -0.3 is 14.6 Å². The van der Waals surface area contributed by atoms with Crippen molar-refractivity contribution in [2.75, 3.05) is 17.6 Å². The Morgan fingerprint density at radius 1 is 1.26 bits per heavy atom. The molecule has 0 spiro atoms. The Hall–Kier alpha value is -1.88. The summed E-state index contributed by atoms with van der Waals surface area (Å²) in [5.41, 5.74) is 0.808. The van der Waals surface area contributed by atoms with E-state index in [0.29, 0.717) is 0 Å². The molecule has 1 N–H and O–H groups in total. The highest BCUT2D eigenvalue weighted by Crippen LogP contribution is 2.38. The monoisotopic (exact) mass is 274 g/mol. The summed E-state index contributed by atoms with van der Waals surface area (Å²) in [6.45, 7) is 0.731. The Labute approximate surface area is 115 Å². The Morgan fingerprint density at radius 3 is 2.84 bits per heavy atom. The number of hydrogen-bond donors (Lipinski definition) is 1. The Balaban J connectivity index is 1.72. The van der Waals surface area contributed by atoms with Gasteiger partial charge in [0.05, 0.1) is 6.26 Å². The van der Waals surface area contributed by atoms with E-state index in [-0.39, 0.29) is 11.4 Å². The number of nitrogens with zero attached hydrogens (tertiary/aromatic N) is 1. The normalized spacial score (nSPS) is 18.5. The maximum atomic E-state index is 12.3. The van der Waals surface area contributed by atoms with Gasteiger partial charge in [-0.1, -0.05) is 18.2 Å². The average molecular weight is 274 g/mol. The summed E-state index contributed by atoms with van der Waals surface area (Å²) in [5.74, 6) is 1.75. The number of urea groups is 1. The smallest absolute Gasteiger partial charge is 0.323 e. The first-order valence-corrected chi connectivity index (χ1v) is 7.17. The Kier molecular flexibility index (Phi) is 3.46. The third-order valence-electron chi connectivity index (χ3n) is 2.96. The van der Waals surface area contributed by atoms with Crippen molar-refractivity contribution in [1.82, 2.24) is 4.90 Å². The van der Waals surface area contributed by atoms with Gasteiger partial charge in [-0.05, 0) is 24.3 Å². The fourth-order valence-corrected chi connectivity index (χ4v) is 3.27. The summed E-state index contributed by atoms with van der Waals surface area (Å²) in [5, 5.41) is 2.88. The van der Waals surface area contributed by atoms with Crippen LogP contribution in [0.1, 0.15) is 11.1 Å². The van der Waals surface area contributed by atoms with Crippen LogP contribution in [0, 0.1) is 0 Å². The van der Waals surface area contributed by atoms with Gasteiger partial charge in [0.2, 0.25) is 0 Å². The van der Waals surface area contributed by atoms with E-state index in [2.05, 4.69) is 5.32 Å². The Bertz CT molecular complexity index is 542. The minimum Gasteiger partial charge on any atom is -0.466 e. The van der Waals surface area contributed by atoms with Crippen LogP contribution in [0.15, 0.2) is 53.1 Å². The lowest BCUT2D eigenvalue weighted by Crippen LogP contribution is -2.34. The van der Waals surface area contributed by atoms with Gasteiger partial charge >= 0.3 is 6.03 Å². The third kappa shape index (κ3) is 2.61. The minimum absolute atomic E-state index is 0.0290. The summed E-state index contributed by atoms with van der Waals surface area (Å²) in [6, 6.07) is 13.2. The second-order valence-electron chi connectivity index (χ2n) is 4.23. The molecule has 3 rings (SSSR count). The molecular formula is C14H14N2O2S. The summed E-state index contributed by atoms with van der Waals surface area (Å²) >= 11 is 1.72. The standard InChI is InChI=1S/C14H14N2O2S/c17-14(15-11-5-2-1-3-6-11)16-8-10-19-13(16)12-7-4-9-18-12/h1-7,9,13H,8,10H2,(H,15,17)/t13-/m0/s1. The highest BCUT2D eigenvalue weighted by Gasteiger charge is 2.32. The van der Waals surface area contributed by atoms with Crippen LogP contribution in [0.25, 0.3) is 0 Å². The van der Waals surface area contributed by atoms with Crippen molar-refractivity contribution in [3.05, 3.63) is 54.5 Å². The van der Waals surface area contributed by atoms with Crippen LogP contribution in [-0.2, 0) is 0 Å². The van der Waals surface area contributed by atoms with Gasteiger partial charge in [0, 0.05) is 18.0 Å². The van der Waals surface area contributed by atoms with Crippen LogP contribution in [0.3, 0.4) is 0 Å². The molecule has 1 aromatic carbocycles. The van der Waals surface area contributed by atoms with Gasteiger partial charge in [0.15, 0.2) is 0 Å². The van der Waals surface area contributed by atoms with E-state index in [0.717, 1.165) is 23.7 Å². The summed E-state index contributed by atoms with van der Waals surface area (Å²) < 4.78 is 5.41. The van der Waals surface area contributed by atoms with Crippen molar-refractivity contribution in [3.8, 4) is 0 Å². The highest BCUT2D eigenvalue weighted by atomic mass is 32.2. The number of nitrogens with one attached hydrogen (secondary N) is 1. The molecule has 2 heterocycles. The molecule has 0 saturated carbocycles. The predicted molar refractivity (Wildman–Crippen MR) is 76.1 cm³/mol. The zero-order valence-electron chi connectivity index (χ0n) is 10.3. The third-order valence-corrected chi connectivity index (χ3v) is 4.18. The molecule has 1 aliphatic heterocycles. The maximum absolute atomic E-state index is 12.3. The topological polar surface area (TPSA) is 45.5 Å². The molecule has 1 aromatic heterocycles. The fourth-order valence-electron chi connectivity index (χ4n) is 2.06. The molecule has 0 bridgehead atoms. The van der Waals surface area contributed by atoms with Crippen LogP contribution < -0.4 is 5.32 Å². The van der Waals surface area contributed by atoms with E-state index in [9.17, 15) is 4.79 Å². The lowest BCUT2D eigenvalue weighted by atomic mass is 10.3. The first-order valence-electron chi connectivity index (χ1n) is 6.12. The van der Waals surface area contributed by atoms with Crippen LogP contribution in [0.4, 0.5) is 10.5 Å². The van der Waals surface area contributed by atoms with Gasteiger partial charge in [-0.2, -0.15) is 0 Å². The van der Waals surface area contributed by atoms with Gasteiger partial charge in [-0.3, -0.25) is 0 Å². The van der Waals surface area contributed by atoms with Crippen molar-refractivity contribution >= 4 is 23.5 Å². The number of hydrogen-bond acceptors (Lipinski definition) is 3. The average Bonchev–Trinajstić information content (AvgIpc) is 3.10. The number of benzene rings is 1. The van der Waals surface area contributed by atoms with E-state index in [1.54, 1.807) is 22.9 Å². The molecule has 1 saturated heterocycles. The maximum Gasteiger partial charge on any atom is 0.323 e. The zero-order chi connectivity index (χ0) is 13.1. The van der Waals surface area contributed by atoms with Gasteiger partial charge in [0.25, 0.3) is 0 Å². The molecule has 1 atom stereocenters. The number of thioether (sulfide) groups is 1. The molecule has 2 amide bonds. The fraction of sp³-hybridized carbons (Fsp3) is 0.214. The van der Waals surface area contributed by atoms with Crippen molar-refractivity contribution in [1.29, 1.82) is 0 Å². The van der Waals surface area contributed by atoms with Gasteiger partial charge in [-0.25, -0.2) is 4.79 Å². The Morgan fingerprint density at radius 2 is 2.11 bits per heavy atom. The summed E-state index contributed by atoms with van der Waals surface area (Å²) in [6.07, 6.45) is 1.64. The molecule has 2 aromatic rings. The number of amides is 2. The number of carbonyl (C=O) groups excluding carboxylic acids is 1. The zero-order valence-corrected chi connectivity index (χ0v) is 11.1. The number of carbonyl (C=O) groups is 1. The van der Waals surface area contributed by atoms with Crippen molar-refractivity contribution in [2.24, 2.45) is 0 Å². The van der Waals surface area contributed by atoms with E-state index in [4.69, 9.17) is 4.42 Å². The van der Waals surface area contributed by atoms with Gasteiger partial charge in [-0.15, -0.1) is 11.8 Å². The minimum atomic E-state index is -0.0856. The molecule has 5 heteroatoms. The second kappa shape index (κ2) is 5.40. The van der Waals surface area contributed by atoms with Crippen LogP contribution in [0.5, 0.6) is 0 Å². The number of furan rings is 1. The molecule has 98 valence electrons.